The predicted octanol–water partition coefficient (Wildman–Crippen LogP) is 3.81. The zero-order chi connectivity index (χ0) is 11.4. The molecular weight excluding hydrogens is 196 g/mol. The van der Waals surface area contributed by atoms with Gasteiger partial charge in [-0.1, -0.05) is 42.5 Å². The first-order valence-corrected chi connectivity index (χ1v) is 5.80. The Hall–Kier alpha value is -1.34. The van der Waals surface area contributed by atoms with Crippen LogP contribution in [0.4, 0.5) is 0 Å². The third-order valence-corrected chi connectivity index (χ3v) is 3.06. The first-order chi connectivity index (χ1) is 7.79. The van der Waals surface area contributed by atoms with Crippen molar-refractivity contribution in [1.29, 1.82) is 0 Å². The summed E-state index contributed by atoms with van der Waals surface area (Å²) in [7, 11) is 1.77. The lowest BCUT2D eigenvalue weighted by molar-refractivity contribution is 0.111. The van der Waals surface area contributed by atoms with Crippen LogP contribution in [-0.2, 0) is 11.2 Å². The van der Waals surface area contributed by atoms with Gasteiger partial charge in [0.2, 0.25) is 0 Å². The van der Waals surface area contributed by atoms with E-state index >= 15 is 0 Å². The first kappa shape index (κ1) is 11.2. The van der Waals surface area contributed by atoms with Crippen molar-refractivity contribution in [2.75, 3.05) is 7.11 Å². The summed E-state index contributed by atoms with van der Waals surface area (Å²) in [5, 5.41) is 2.64. The van der Waals surface area contributed by atoms with Gasteiger partial charge in [-0.05, 0) is 36.1 Å². The molecule has 16 heavy (non-hydrogen) atoms. The minimum absolute atomic E-state index is 0.339. The van der Waals surface area contributed by atoms with Crippen LogP contribution in [0.25, 0.3) is 10.8 Å². The first-order valence-electron chi connectivity index (χ1n) is 5.80. The van der Waals surface area contributed by atoms with Crippen LogP contribution < -0.4 is 0 Å². The van der Waals surface area contributed by atoms with Crippen molar-refractivity contribution in [2.24, 2.45) is 0 Å². The number of fused-ring (bicyclic) bond motifs is 1. The van der Waals surface area contributed by atoms with E-state index in [1.54, 1.807) is 7.11 Å². The minimum atomic E-state index is 0.339. The average Bonchev–Trinajstić information content (AvgIpc) is 2.35. The molecule has 0 radical (unpaired) electrons. The Morgan fingerprint density at radius 1 is 1.06 bits per heavy atom. The smallest absolute Gasteiger partial charge is 0.0546 e. The highest BCUT2D eigenvalue weighted by atomic mass is 16.5. The molecule has 2 aromatic carbocycles. The van der Waals surface area contributed by atoms with Gasteiger partial charge in [0, 0.05) is 7.11 Å². The molecule has 0 aromatic heterocycles. The van der Waals surface area contributed by atoms with Crippen LogP contribution >= 0.6 is 0 Å². The van der Waals surface area contributed by atoms with E-state index < -0.39 is 0 Å². The summed E-state index contributed by atoms with van der Waals surface area (Å²) < 4.78 is 5.26. The van der Waals surface area contributed by atoms with Crippen molar-refractivity contribution in [3.8, 4) is 0 Å². The molecule has 0 fully saturated rings. The van der Waals surface area contributed by atoms with E-state index in [1.807, 2.05) is 0 Å². The Labute approximate surface area is 97.1 Å². The van der Waals surface area contributed by atoms with Crippen molar-refractivity contribution < 1.29 is 4.74 Å². The molecule has 0 N–H and O–H groups in total. The summed E-state index contributed by atoms with van der Waals surface area (Å²) in [4.78, 5) is 0. The highest BCUT2D eigenvalue weighted by Gasteiger charge is 2.01. The van der Waals surface area contributed by atoms with E-state index in [1.165, 1.54) is 16.3 Å². The quantitative estimate of drug-likeness (QED) is 0.752. The number of aryl methyl sites for hydroxylation is 1. The fourth-order valence-electron chi connectivity index (χ4n) is 1.88. The van der Waals surface area contributed by atoms with Crippen LogP contribution in [0.3, 0.4) is 0 Å². The van der Waals surface area contributed by atoms with Gasteiger partial charge in [-0.25, -0.2) is 0 Å². The second-order valence-corrected chi connectivity index (χ2v) is 4.27. The fraction of sp³-hybridized carbons (Fsp3) is 0.333. The van der Waals surface area contributed by atoms with Gasteiger partial charge in [0.25, 0.3) is 0 Å². The molecule has 0 aliphatic carbocycles. The molecule has 0 amide bonds. The lowest BCUT2D eigenvalue weighted by atomic mass is 10.0. The number of rotatable bonds is 4. The van der Waals surface area contributed by atoms with Gasteiger partial charge in [-0.15, -0.1) is 0 Å². The molecule has 1 heteroatoms. The van der Waals surface area contributed by atoms with Gasteiger partial charge in [0.05, 0.1) is 6.10 Å². The molecule has 1 atom stereocenters. The molecular formula is C15H18O. The van der Waals surface area contributed by atoms with Crippen LogP contribution in [0.1, 0.15) is 18.9 Å². The second kappa shape index (κ2) is 5.13. The van der Waals surface area contributed by atoms with Gasteiger partial charge in [-0.2, -0.15) is 0 Å². The van der Waals surface area contributed by atoms with Crippen molar-refractivity contribution in [2.45, 2.75) is 25.9 Å². The maximum atomic E-state index is 5.26. The maximum Gasteiger partial charge on any atom is 0.0546 e. The third-order valence-electron chi connectivity index (χ3n) is 3.06. The van der Waals surface area contributed by atoms with E-state index in [2.05, 4.69) is 49.4 Å². The second-order valence-electron chi connectivity index (χ2n) is 4.27. The zero-order valence-electron chi connectivity index (χ0n) is 9.94. The highest BCUT2D eigenvalue weighted by Crippen LogP contribution is 2.17. The predicted molar refractivity (Wildman–Crippen MR) is 68.7 cm³/mol. The van der Waals surface area contributed by atoms with Crippen molar-refractivity contribution in [3.05, 3.63) is 48.0 Å². The Morgan fingerprint density at radius 3 is 2.56 bits per heavy atom. The Kier molecular flexibility index (Phi) is 3.58. The van der Waals surface area contributed by atoms with Crippen LogP contribution in [0, 0.1) is 0 Å². The highest BCUT2D eigenvalue weighted by molar-refractivity contribution is 5.82. The average molecular weight is 214 g/mol. The molecule has 84 valence electrons. The molecule has 0 heterocycles. The minimum Gasteiger partial charge on any atom is -0.382 e. The van der Waals surface area contributed by atoms with Crippen LogP contribution in [-0.4, -0.2) is 13.2 Å². The van der Waals surface area contributed by atoms with Crippen molar-refractivity contribution in [3.63, 3.8) is 0 Å². The molecule has 0 bridgehead atoms. The topological polar surface area (TPSA) is 9.23 Å². The molecule has 0 spiro atoms. The van der Waals surface area contributed by atoms with Gasteiger partial charge in [0.1, 0.15) is 0 Å². The molecule has 1 nitrogen and oxygen atoms in total. The van der Waals surface area contributed by atoms with Gasteiger partial charge < -0.3 is 4.74 Å². The zero-order valence-corrected chi connectivity index (χ0v) is 9.94. The van der Waals surface area contributed by atoms with E-state index in [0.29, 0.717) is 6.10 Å². The van der Waals surface area contributed by atoms with Crippen LogP contribution in [0.2, 0.25) is 0 Å². The largest absolute Gasteiger partial charge is 0.382 e. The summed E-state index contributed by atoms with van der Waals surface area (Å²) in [6.07, 6.45) is 2.50. The summed E-state index contributed by atoms with van der Waals surface area (Å²) in [6, 6.07) is 15.2. The number of hydrogen-bond donors (Lipinski definition) is 0. The number of methoxy groups -OCH3 is 1. The normalized spacial score (nSPS) is 12.9. The lowest BCUT2D eigenvalue weighted by Gasteiger charge is -2.09. The van der Waals surface area contributed by atoms with Gasteiger partial charge in [-0.3, -0.25) is 0 Å². The summed E-state index contributed by atoms with van der Waals surface area (Å²) in [5.41, 5.74) is 1.39. The fourth-order valence-corrected chi connectivity index (χ4v) is 1.88. The third kappa shape index (κ3) is 2.61. The van der Waals surface area contributed by atoms with E-state index in [4.69, 9.17) is 4.74 Å². The molecule has 1 unspecified atom stereocenters. The Morgan fingerprint density at radius 2 is 1.81 bits per heavy atom. The number of ether oxygens (including phenoxy) is 1. The van der Waals surface area contributed by atoms with Gasteiger partial charge >= 0.3 is 0 Å². The van der Waals surface area contributed by atoms with Gasteiger partial charge in [0.15, 0.2) is 0 Å². The molecule has 0 saturated carbocycles. The summed E-state index contributed by atoms with van der Waals surface area (Å²) in [6.45, 7) is 2.11. The summed E-state index contributed by atoms with van der Waals surface area (Å²) in [5.74, 6) is 0. The van der Waals surface area contributed by atoms with E-state index in [-0.39, 0.29) is 0 Å². The molecule has 0 aliphatic rings. The van der Waals surface area contributed by atoms with Crippen LogP contribution in [0.15, 0.2) is 42.5 Å². The number of benzene rings is 2. The Balaban J connectivity index is 2.13. The molecule has 2 rings (SSSR count). The van der Waals surface area contributed by atoms with E-state index in [9.17, 15) is 0 Å². The molecule has 2 aromatic rings. The standard InChI is InChI=1S/C15H18O/c1-12(16-2)7-8-13-9-10-14-5-3-4-6-15(14)11-13/h3-6,9-12H,7-8H2,1-2H3. The molecule has 0 aliphatic heterocycles. The maximum absolute atomic E-state index is 5.26. The lowest BCUT2D eigenvalue weighted by Crippen LogP contribution is -2.05. The Bertz CT molecular complexity index is 462. The monoisotopic (exact) mass is 214 g/mol. The van der Waals surface area contributed by atoms with Crippen molar-refractivity contribution >= 4 is 10.8 Å². The van der Waals surface area contributed by atoms with Crippen LogP contribution in [0.5, 0.6) is 0 Å². The van der Waals surface area contributed by atoms with Crippen molar-refractivity contribution in [1.82, 2.24) is 0 Å². The number of hydrogen-bond acceptors (Lipinski definition) is 1. The SMILES string of the molecule is COC(C)CCc1ccc2ccccc2c1. The van der Waals surface area contributed by atoms with E-state index in [0.717, 1.165) is 12.8 Å². The molecule has 0 saturated heterocycles. The summed E-state index contributed by atoms with van der Waals surface area (Å²) >= 11 is 0.